The molecule has 1 aliphatic rings. The number of ether oxygens (including phenoxy) is 1. The normalized spacial score (nSPS) is 13.5. The number of hydrogen-bond donors (Lipinski definition) is 1. The quantitative estimate of drug-likeness (QED) is 0.907. The van der Waals surface area contributed by atoms with Gasteiger partial charge in [-0.1, -0.05) is 30.3 Å². The first-order valence-corrected chi connectivity index (χ1v) is 7.42. The van der Waals surface area contributed by atoms with E-state index >= 15 is 0 Å². The first-order valence-electron chi connectivity index (χ1n) is 6.62. The highest BCUT2D eigenvalue weighted by atomic mass is 79.9. The topological polar surface area (TPSA) is 38.3 Å². The van der Waals surface area contributed by atoms with Crippen molar-refractivity contribution < 1.29 is 13.9 Å². The van der Waals surface area contributed by atoms with Crippen LogP contribution in [0.2, 0.25) is 0 Å². The van der Waals surface area contributed by atoms with E-state index in [4.69, 9.17) is 4.74 Å². The van der Waals surface area contributed by atoms with Gasteiger partial charge in [-0.15, -0.1) is 0 Å². The van der Waals surface area contributed by atoms with Crippen LogP contribution in [0.3, 0.4) is 0 Å². The van der Waals surface area contributed by atoms with E-state index in [1.807, 2.05) is 30.3 Å². The zero-order chi connectivity index (χ0) is 14.8. The summed E-state index contributed by atoms with van der Waals surface area (Å²) in [4.78, 5) is 11.5. The molecule has 0 saturated carbocycles. The van der Waals surface area contributed by atoms with Crippen LogP contribution >= 0.6 is 15.9 Å². The van der Waals surface area contributed by atoms with Crippen LogP contribution in [-0.4, -0.2) is 5.91 Å². The molecule has 0 unspecified atom stereocenters. The Kier molecular flexibility index (Phi) is 3.92. The van der Waals surface area contributed by atoms with E-state index in [1.165, 1.54) is 6.07 Å². The molecule has 3 nitrogen and oxygen atoms in total. The average molecular weight is 350 g/mol. The third-order valence-electron chi connectivity index (χ3n) is 3.39. The van der Waals surface area contributed by atoms with Crippen LogP contribution in [0, 0.1) is 5.82 Å². The summed E-state index contributed by atoms with van der Waals surface area (Å²) < 4.78 is 20.0. The molecule has 108 valence electrons. The van der Waals surface area contributed by atoms with Crippen molar-refractivity contribution in [2.24, 2.45) is 0 Å². The van der Waals surface area contributed by atoms with Crippen molar-refractivity contribution in [3.05, 3.63) is 57.8 Å². The summed E-state index contributed by atoms with van der Waals surface area (Å²) in [6, 6.07) is 11.0. The minimum Gasteiger partial charge on any atom is -0.488 e. The van der Waals surface area contributed by atoms with E-state index in [9.17, 15) is 9.18 Å². The molecule has 1 aliphatic heterocycles. The Hall–Kier alpha value is -1.88. The predicted octanol–water partition coefficient (Wildman–Crippen LogP) is 4.05. The Labute approximate surface area is 130 Å². The third kappa shape index (κ3) is 2.93. The highest BCUT2D eigenvalue weighted by Crippen LogP contribution is 2.39. The summed E-state index contributed by atoms with van der Waals surface area (Å²) in [5.41, 5.74) is 2.32. The average Bonchev–Trinajstić information content (AvgIpc) is 2.50. The summed E-state index contributed by atoms with van der Waals surface area (Å²) >= 11 is 3.18. The molecule has 0 aromatic heterocycles. The van der Waals surface area contributed by atoms with Gasteiger partial charge in [-0.25, -0.2) is 4.39 Å². The van der Waals surface area contributed by atoms with Gasteiger partial charge < -0.3 is 10.1 Å². The molecule has 2 aromatic carbocycles. The van der Waals surface area contributed by atoms with Crippen LogP contribution in [0.4, 0.5) is 10.1 Å². The molecule has 5 heteroatoms. The summed E-state index contributed by atoms with van der Waals surface area (Å²) in [6.07, 6.45) is 0.928. The minimum atomic E-state index is -0.445. The van der Waals surface area contributed by atoms with Crippen molar-refractivity contribution in [3.8, 4) is 5.75 Å². The zero-order valence-electron chi connectivity index (χ0n) is 11.2. The Morgan fingerprint density at radius 3 is 2.76 bits per heavy atom. The molecular weight excluding hydrogens is 337 g/mol. The molecule has 0 spiro atoms. The number of rotatable bonds is 3. The largest absolute Gasteiger partial charge is 0.488 e. The van der Waals surface area contributed by atoms with E-state index in [0.29, 0.717) is 30.9 Å². The maximum atomic E-state index is 13.9. The van der Waals surface area contributed by atoms with Gasteiger partial charge in [-0.05, 0) is 27.9 Å². The number of nitrogens with one attached hydrogen (secondary N) is 1. The van der Waals surface area contributed by atoms with Crippen LogP contribution < -0.4 is 10.1 Å². The molecule has 0 aliphatic carbocycles. The van der Waals surface area contributed by atoms with E-state index in [0.717, 1.165) is 11.1 Å². The van der Waals surface area contributed by atoms with E-state index in [1.54, 1.807) is 0 Å². The number of amides is 1. The number of carbonyl (C=O) groups excluding carboxylic acids is 1. The predicted molar refractivity (Wildman–Crippen MR) is 81.8 cm³/mol. The van der Waals surface area contributed by atoms with Crippen molar-refractivity contribution >= 4 is 27.5 Å². The molecule has 1 heterocycles. The van der Waals surface area contributed by atoms with Gasteiger partial charge in [0, 0.05) is 18.1 Å². The monoisotopic (exact) mass is 349 g/mol. The van der Waals surface area contributed by atoms with Crippen molar-refractivity contribution in [1.29, 1.82) is 0 Å². The van der Waals surface area contributed by atoms with Gasteiger partial charge in [0.25, 0.3) is 0 Å². The number of carbonyl (C=O) groups is 1. The van der Waals surface area contributed by atoms with Crippen LogP contribution in [0.15, 0.2) is 40.9 Å². The third-order valence-corrected chi connectivity index (χ3v) is 4.17. The van der Waals surface area contributed by atoms with Gasteiger partial charge in [0.2, 0.25) is 5.91 Å². The fourth-order valence-electron chi connectivity index (χ4n) is 2.32. The number of fused-ring (bicyclic) bond motifs is 1. The Morgan fingerprint density at radius 1 is 1.24 bits per heavy atom. The van der Waals surface area contributed by atoms with Crippen LogP contribution in [0.1, 0.15) is 17.5 Å². The lowest BCUT2D eigenvalue weighted by Crippen LogP contribution is -2.20. The summed E-state index contributed by atoms with van der Waals surface area (Å²) in [5, 5.41) is 2.70. The lowest BCUT2D eigenvalue weighted by Gasteiger charge is -2.22. The van der Waals surface area contributed by atoms with Crippen molar-refractivity contribution in [1.82, 2.24) is 0 Å². The smallest absolute Gasteiger partial charge is 0.224 e. The number of hydrogen-bond acceptors (Lipinski definition) is 2. The maximum Gasteiger partial charge on any atom is 0.224 e. The second-order valence-corrected chi connectivity index (χ2v) is 5.64. The minimum absolute atomic E-state index is 0.109. The van der Waals surface area contributed by atoms with Crippen molar-refractivity contribution in [2.45, 2.75) is 19.4 Å². The van der Waals surface area contributed by atoms with Crippen molar-refractivity contribution in [2.75, 3.05) is 5.32 Å². The number of halogens is 2. The standard InChI is InChI=1S/C16H13BrFNO2/c17-15-12(18)8-13(11-6-7-14(20)19-16(11)15)21-9-10-4-2-1-3-5-10/h1-5,8H,6-7,9H2,(H,19,20). The zero-order valence-corrected chi connectivity index (χ0v) is 12.7. The van der Waals surface area contributed by atoms with Crippen molar-refractivity contribution in [3.63, 3.8) is 0 Å². The molecule has 0 fully saturated rings. The van der Waals surface area contributed by atoms with Crippen LogP contribution in [-0.2, 0) is 17.8 Å². The molecule has 0 radical (unpaired) electrons. The Bertz CT molecular complexity index is 688. The fraction of sp³-hybridized carbons (Fsp3) is 0.188. The van der Waals surface area contributed by atoms with E-state index in [2.05, 4.69) is 21.2 Å². The Morgan fingerprint density at radius 2 is 2.00 bits per heavy atom. The molecule has 2 aromatic rings. The highest BCUT2D eigenvalue weighted by molar-refractivity contribution is 9.10. The molecule has 0 atom stereocenters. The first kappa shape index (κ1) is 14.1. The molecule has 1 amide bonds. The van der Waals surface area contributed by atoms with Gasteiger partial charge in [-0.3, -0.25) is 4.79 Å². The second-order valence-electron chi connectivity index (χ2n) is 4.85. The first-order chi connectivity index (χ1) is 10.1. The fourth-order valence-corrected chi connectivity index (χ4v) is 2.78. The molecule has 3 rings (SSSR count). The second kappa shape index (κ2) is 5.85. The highest BCUT2D eigenvalue weighted by Gasteiger charge is 2.23. The van der Waals surface area contributed by atoms with E-state index in [-0.39, 0.29) is 10.4 Å². The molecule has 1 N–H and O–H groups in total. The van der Waals surface area contributed by atoms with Gasteiger partial charge in [0.15, 0.2) is 0 Å². The van der Waals surface area contributed by atoms with Gasteiger partial charge in [-0.2, -0.15) is 0 Å². The maximum absolute atomic E-state index is 13.9. The molecule has 0 saturated heterocycles. The van der Waals surface area contributed by atoms with Gasteiger partial charge in [0.1, 0.15) is 18.2 Å². The summed E-state index contributed by atoms with van der Waals surface area (Å²) in [7, 11) is 0. The van der Waals surface area contributed by atoms with E-state index < -0.39 is 5.82 Å². The summed E-state index contributed by atoms with van der Waals surface area (Å²) in [6.45, 7) is 0.363. The lowest BCUT2D eigenvalue weighted by molar-refractivity contribution is -0.116. The van der Waals surface area contributed by atoms with Gasteiger partial charge in [0.05, 0.1) is 10.2 Å². The lowest BCUT2D eigenvalue weighted by atomic mass is 10.0. The van der Waals surface area contributed by atoms with Crippen LogP contribution in [0.25, 0.3) is 0 Å². The van der Waals surface area contributed by atoms with Gasteiger partial charge >= 0.3 is 0 Å². The Balaban J connectivity index is 1.90. The number of benzene rings is 2. The SMILES string of the molecule is O=C1CCc2c(OCc3ccccc3)cc(F)c(Br)c2N1. The molecule has 0 bridgehead atoms. The summed E-state index contributed by atoms with van der Waals surface area (Å²) in [5.74, 6) is -0.0728. The van der Waals surface area contributed by atoms with Crippen LogP contribution in [0.5, 0.6) is 5.75 Å². The number of anilines is 1. The molecular formula is C16H13BrFNO2. The molecule has 21 heavy (non-hydrogen) atoms.